The maximum atomic E-state index is 5.19. The highest BCUT2D eigenvalue weighted by Crippen LogP contribution is 2.13. The fourth-order valence-electron chi connectivity index (χ4n) is 1.33. The first-order valence-corrected chi connectivity index (χ1v) is 4.44. The zero-order valence-corrected chi connectivity index (χ0v) is 8.76. The van der Waals surface area contributed by atoms with Gasteiger partial charge in [0.15, 0.2) is 6.29 Å². The summed E-state index contributed by atoms with van der Waals surface area (Å²) in [5, 5.41) is 3.20. The van der Waals surface area contributed by atoms with E-state index in [9.17, 15) is 0 Å². The molecule has 1 N–H and O–H groups in total. The van der Waals surface area contributed by atoms with Crippen LogP contribution < -0.4 is 5.32 Å². The molecule has 1 unspecified atom stereocenters. The van der Waals surface area contributed by atoms with E-state index in [1.807, 2.05) is 7.05 Å². The van der Waals surface area contributed by atoms with Gasteiger partial charge in [0, 0.05) is 14.2 Å². The van der Waals surface area contributed by atoms with Crippen LogP contribution in [0, 0.1) is 5.92 Å². The van der Waals surface area contributed by atoms with Crippen molar-refractivity contribution in [3.63, 3.8) is 0 Å². The maximum absolute atomic E-state index is 5.19. The van der Waals surface area contributed by atoms with Gasteiger partial charge in [0.05, 0.1) is 6.04 Å². The van der Waals surface area contributed by atoms with Gasteiger partial charge in [-0.3, -0.25) is 0 Å². The second kappa shape index (κ2) is 6.40. The molecule has 0 saturated carbocycles. The summed E-state index contributed by atoms with van der Waals surface area (Å²) >= 11 is 0. The Morgan fingerprint density at radius 2 is 1.75 bits per heavy atom. The Balaban J connectivity index is 4.09. The van der Waals surface area contributed by atoms with Crippen LogP contribution in [0.3, 0.4) is 0 Å². The Bertz CT molecular complexity index is 105. The van der Waals surface area contributed by atoms with Crippen LogP contribution in [0.4, 0.5) is 0 Å². The minimum atomic E-state index is -0.148. The number of hydrogen-bond acceptors (Lipinski definition) is 3. The SMILES string of the molecule is CC[C@H](C)C(NC)C(OC)OC. The quantitative estimate of drug-likeness (QED) is 0.616. The molecule has 0 heterocycles. The predicted molar refractivity (Wildman–Crippen MR) is 50.1 cm³/mol. The van der Waals surface area contributed by atoms with E-state index in [0.29, 0.717) is 5.92 Å². The Morgan fingerprint density at radius 3 is 2.00 bits per heavy atom. The predicted octanol–water partition coefficient (Wildman–Crippen LogP) is 1.24. The molecule has 2 atom stereocenters. The largest absolute Gasteiger partial charge is 0.354 e. The van der Waals surface area contributed by atoms with Crippen molar-refractivity contribution in [1.29, 1.82) is 0 Å². The number of methoxy groups -OCH3 is 2. The molecule has 0 aromatic rings. The lowest BCUT2D eigenvalue weighted by Gasteiger charge is -2.28. The average Bonchev–Trinajstić information content (AvgIpc) is 2.12. The fraction of sp³-hybridized carbons (Fsp3) is 1.00. The molecule has 0 rings (SSSR count). The van der Waals surface area contributed by atoms with Crippen molar-refractivity contribution in [3.05, 3.63) is 0 Å². The third-order valence-corrected chi connectivity index (χ3v) is 2.35. The highest BCUT2D eigenvalue weighted by atomic mass is 16.7. The van der Waals surface area contributed by atoms with Gasteiger partial charge in [0.1, 0.15) is 0 Å². The number of likely N-dealkylation sites (N-methyl/N-ethyl adjacent to an activating group) is 1. The molecule has 0 spiro atoms. The van der Waals surface area contributed by atoms with Crippen LogP contribution >= 0.6 is 0 Å². The van der Waals surface area contributed by atoms with E-state index in [1.165, 1.54) is 0 Å². The molecular weight excluding hydrogens is 154 g/mol. The molecule has 0 aliphatic heterocycles. The molecule has 0 bridgehead atoms. The second-order valence-electron chi connectivity index (χ2n) is 3.04. The van der Waals surface area contributed by atoms with Gasteiger partial charge in [-0.25, -0.2) is 0 Å². The first-order chi connectivity index (χ1) is 5.71. The molecule has 0 amide bonds. The zero-order valence-electron chi connectivity index (χ0n) is 8.76. The minimum Gasteiger partial charge on any atom is -0.354 e. The standard InChI is InChI=1S/C9H21NO2/c1-6-7(2)8(10-3)9(11-4)12-5/h7-10H,6H2,1-5H3/t7-,8?/m0/s1. The van der Waals surface area contributed by atoms with Crippen LogP contribution in [0.2, 0.25) is 0 Å². The van der Waals surface area contributed by atoms with Gasteiger partial charge in [-0.05, 0) is 13.0 Å². The topological polar surface area (TPSA) is 30.5 Å². The van der Waals surface area contributed by atoms with Gasteiger partial charge in [-0.15, -0.1) is 0 Å². The summed E-state index contributed by atoms with van der Waals surface area (Å²) in [6.45, 7) is 4.35. The minimum absolute atomic E-state index is 0.148. The summed E-state index contributed by atoms with van der Waals surface area (Å²) < 4.78 is 10.4. The van der Waals surface area contributed by atoms with Crippen molar-refractivity contribution in [3.8, 4) is 0 Å². The number of rotatable bonds is 6. The van der Waals surface area contributed by atoms with Gasteiger partial charge >= 0.3 is 0 Å². The van der Waals surface area contributed by atoms with E-state index in [1.54, 1.807) is 14.2 Å². The first-order valence-electron chi connectivity index (χ1n) is 4.44. The van der Waals surface area contributed by atoms with E-state index in [2.05, 4.69) is 19.2 Å². The summed E-state index contributed by atoms with van der Waals surface area (Å²) in [5.41, 5.74) is 0. The monoisotopic (exact) mass is 175 g/mol. The fourth-order valence-corrected chi connectivity index (χ4v) is 1.33. The molecule has 0 aromatic heterocycles. The molecule has 0 aliphatic rings. The number of hydrogen-bond donors (Lipinski definition) is 1. The van der Waals surface area contributed by atoms with Gasteiger partial charge in [-0.2, -0.15) is 0 Å². The summed E-state index contributed by atoms with van der Waals surface area (Å²) in [4.78, 5) is 0. The second-order valence-corrected chi connectivity index (χ2v) is 3.04. The first kappa shape index (κ1) is 11.9. The average molecular weight is 175 g/mol. The molecule has 0 aliphatic carbocycles. The third-order valence-electron chi connectivity index (χ3n) is 2.35. The Labute approximate surface area is 75.4 Å². The lowest BCUT2D eigenvalue weighted by Crippen LogP contribution is -2.44. The highest BCUT2D eigenvalue weighted by Gasteiger charge is 2.23. The van der Waals surface area contributed by atoms with E-state index in [4.69, 9.17) is 9.47 Å². The molecular formula is C9H21NO2. The van der Waals surface area contributed by atoms with Crippen molar-refractivity contribution in [2.45, 2.75) is 32.6 Å². The van der Waals surface area contributed by atoms with Crippen LogP contribution in [0.5, 0.6) is 0 Å². The number of ether oxygens (including phenoxy) is 2. The van der Waals surface area contributed by atoms with Gasteiger partial charge in [-0.1, -0.05) is 20.3 Å². The molecule has 0 saturated heterocycles. The molecule has 0 aromatic carbocycles. The van der Waals surface area contributed by atoms with E-state index >= 15 is 0 Å². The van der Waals surface area contributed by atoms with Gasteiger partial charge in [0.2, 0.25) is 0 Å². The summed E-state index contributed by atoms with van der Waals surface area (Å²) in [6, 6.07) is 0.269. The normalized spacial score (nSPS) is 16.5. The Kier molecular flexibility index (Phi) is 6.34. The smallest absolute Gasteiger partial charge is 0.172 e. The van der Waals surface area contributed by atoms with Crippen LogP contribution in [0.1, 0.15) is 20.3 Å². The van der Waals surface area contributed by atoms with Crippen molar-refractivity contribution in [2.24, 2.45) is 5.92 Å². The molecule has 0 fully saturated rings. The van der Waals surface area contributed by atoms with Crippen LogP contribution in [-0.2, 0) is 9.47 Å². The highest BCUT2D eigenvalue weighted by molar-refractivity contribution is 4.74. The Morgan fingerprint density at radius 1 is 1.25 bits per heavy atom. The van der Waals surface area contributed by atoms with Crippen molar-refractivity contribution >= 4 is 0 Å². The van der Waals surface area contributed by atoms with E-state index < -0.39 is 0 Å². The molecule has 3 nitrogen and oxygen atoms in total. The summed E-state index contributed by atoms with van der Waals surface area (Å²) in [6.07, 6.45) is 0.972. The lowest BCUT2D eigenvalue weighted by molar-refractivity contribution is -0.130. The third kappa shape index (κ3) is 3.09. The van der Waals surface area contributed by atoms with Crippen molar-refractivity contribution in [2.75, 3.05) is 21.3 Å². The van der Waals surface area contributed by atoms with Gasteiger partial charge < -0.3 is 14.8 Å². The molecule has 0 radical (unpaired) electrons. The zero-order chi connectivity index (χ0) is 9.56. The lowest BCUT2D eigenvalue weighted by atomic mass is 9.99. The molecule has 3 heteroatoms. The van der Waals surface area contributed by atoms with Gasteiger partial charge in [0.25, 0.3) is 0 Å². The van der Waals surface area contributed by atoms with Crippen LogP contribution in [0.15, 0.2) is 0 Å². The van der Waals surface area contributed by atoms with Crippen LogP contribution in [0.25, 0.3) is 0 Å². The van der Waals surface area contributed by atoms with Crippen molar-refractivity contribution < 1.29 is 9.47 Å². The van der Waals surface area contributed by atoms with Crippen molar-refractivity contribution in [1.82, 2.24) is 5.32 Å². The van der Waals surface area contributed by atoms with E-state index in [-0.39, 0.29) is 12.3 Å². The van der Waals surface area contributed by atoms with E-state index in [0.717, 1.165) is 6.42 Å². The Hall–Kier alpha value is -0.120. The maximum Gasteiger partial charge on any atom is 0.172 e. The summed E-state index contributed by atoms with van der Waals surface area (Å²) in [7, 11) is 5.27. The van der Waals surface area contributed by atoms with Crippen LogP contribution in [-0.4, -0.2) is 33.6 Å². The molecule has 12 heavy (non-hydrogen) atoms. The summed E-state index contributed by atoms with van der Waals surface area (Å²) in [5.74, 6) is 0.555. The molecule has 74 valence electrons. The number of nitrogens with one attached hydrogen (secondary N) is 1.